The first kappa shape index (κ1) is 13.5. The zero-order chi connectivity index (χ0) is 14.8. The summed E-state index contributed by atoms with van der Waals surface area (Å²) in [6, 6.07) is 14.6. The summed E-state index contributed by atoms with van der Waals surface area (Å²) in [5, 5.41) is 12.5. The van der Waals surface area contributed by atoms with Gasteiger partial charge in [0.05, 0.1) is 30.5 Å². The summed E-state index contributed by atoms with van der Waals surface area (Å²) < 4.78 is 5.40. The molecule has 0 fully saturated rings. The lowest BCUT2D eigenvalue weighted by Gasteiger charge is -2.18. The van der Waals surface area contributed by atoms with E-state index in [0.29, 0.717) is 11.6 Å². The van der Waals surface area contributed by atoms with E-state index >= 15 is 0 Å². The smallest absolute Gasteiger partial charge is 0.143 e. The average molecular weight is 278 g/mol. The summed E-state index contributed by atoms with van der Waals surface area (Å²) in [5.41, 5.74) is 5.64. The van der Waals surface area contributed by atoms with Crippen molar-refractivity contribution in [3.63, 3.8) is 0 Å². The van der Waals surface area contributed by atoms with Crippen LogP contribution in [0.1, 0.15) is 34.7 Å². The van der Waals surface area contributed by atoms with Crippen LogP contribution in [0.3, 0.4) is 0 Å². The standard InChI is InChI=1S/C18H18N2O/c1-12-3-5-14-6-8-16(15(14)9-12)20-17-7-4-13(11-19)10-18(17)21-2/h3-5,7,9-10,16,20H,6,8H2,1-2H3. The van der Waals surface area contributed by atoms with Gasteiger partial charge in [-0.3, -0.25) is 0 Å². The number of fused-ring (bicyclic) bond motifs is 1. The van der Waals surface area contributed by atoms with Crippen molar-refractivity contribution in [1.82, 2.24) is 0 Å². The molecule has 0 aromatic heterocycles. The largest absolute Gasteiger partial charge is 0.495 e. The molecular formula is C18H18N2O. The first-order chi connectivity index (χ1) is 10.2. The molecule has 3 nitrogen and oxygen atoms in total. The van der Waals surface area contributed by atoms with Crippen molar-refractivity contribution < 1.29 is 4.74 Å². The molecule has 106 valence electrons. The Morgan fingerprint density at radius 1 is 1.24 bits per heavy atom. The molecule has 21 heavy (non-hydrogen) atoms. The lowest BCUT2D eigenvalue weighted by atomic mass is 10.0. The van der Waals surface area contributed by atoms with Crippen LogP contribution in [0, 0.1) is 18.3 Å². The number of hydrogen-bond acceptors (Lipinski definition) is 3. The Morgan fingerprint density at radius 3 is 2.86 bits per heavy atom. The van der Waals surface area contributed by atoms with Crippen LogP contribution in [0.4, 0.5) is 5.69 Å². The topological polar surface area (TPSA) is 45.0 Å². The van der Waals surface area contributed by atoms with Crippen LogP contribution in [-0.2, 0) is 6.42 Å². The van der Waals surface area contributed by atoms with E-state index < -0.39 is 0 Å². The zero-order valence-electron chi connectivity index (χ0n) is 12.3. The highest BCUT2D eigenvalue weighted by molar-refractivity contribution is 5.61. The molecule has 2 aromatic carbocycles. The summed E-state index contributed by atoms with van der Waals surface area (Å²) in [6.45, 7) is 2.12. The second-order valence-electron chi connectivity index (χ2n) is 5.46. The second-order valence-corrected chi connectivity index (χ2v) is 5.46. The molecule has 1 aliphatic rings. The van der Waals surface area contributed by atoms with E-state index in [9.17, 15) is 0 Å². The molecule has 0 bridgehead atoms. The predicted molar refractivity (Wildman–Crippen MR) is 83.6 cm³/mol. The fraction of sp³-hybridized carbons (Fsp3) is 0.278. The maximum Gasteiger partial charge on any atom is 0.143 e. The molecule has 1 unspecified atom stereocenters. The molecular weight excluding hydrogens is 260 g/mol. The van der Waals surface area contributed by atoms with Gasteiger partial charge < -0.3 is 10.1 Å². The minimum Gasteiger partial charge on any atom is -0.495 e. The summed E-state index contributed by atoms with van der Waals surface area (Å²) in [4.78, 5) is 0. The van der Waals surface area contributed by atoms with Crippen LogP contribution in [0.15, 0.2) is 36.4 Å². The number of ether oxygens (including phenoxy) is 1. The highest BCUT2D eigenvalue weighted by Gasteiger charge is 2.23. The summed E-state index contributed by atoms with van der Waals surface area (Å²) in [7, 11) is 1.63. The van der Waals surface area contributed by atoms with Crippen LogP contribution in [0.2, 0.25) is 0 Å². The Balaban J connectivity index is 1.89. The van der Waals surface area contributed by atoms with Gasteiger partial charge in [-0.05, 0) is 43.0 Å². The summed E-state index contributed by atoms with van der Waals surface area (Å²) >= 11 is 0. The van der Waals surface area contributed by atoms with Crippen LogP contribution < -0.4 is 10.1 Å². The minimum absolute atomic E-state index is 0.307. The molecule has 1 atom stereocenters. The van der Waals surface area contributed by atoms with Crippen LogP contribution in [-0.4, -0.2) is 7.11 Å². The normalized spacial score (nSPS) is 16.1. The van der Waals surface area contributed by atoms with Crippen LogP contribution >= 0.6 is 0 Å². The molecule has 0 aliphatic heterocycles. The monoisotopic (exact) mass is 278 g/mol. The van der Waals surface area contributed by atoms with Crippen molar-refractivity contribution in [3.05, 3.63) is 58.7 Å². The molecule has 1 aliphatic carbocycles. The van der Waals surface area contributed by atoms with Crippen molar-refractivity contribution in [2.75, 3.05) is 12.4 Å². The molecule has 0 heterocycles. The van der Waals surface area contributed by atoms with Gasteiger partial charge in [0.15, 0.2) is 0 Å². The molecule has 0 saturated carbocycles. The molecule has 2 aromatic rings. The van der Waals surface area contributed by atoms with Crippen molar-refractivity contribution in [2.45, 2.75) is 25.8 Å². The predicted octanol–water partition coefficient (Wildman–Crippen LogP) is 3.97. The van der Waals surface area contributed by atoms with E-state index in [1.165, 1.54) is 16.7 Å². The maximum absolute atomic E-state index is 8.97. The van der Waals surface area contributed by atoms with Crippen molar-refractivity contribution in [3.8, 4) is 11.8 Å². The van der Waals surface area contributed by atoms with Gasteiger partial charge in [0.1, 0.15) is 5.75 Å². The fourth-order valence-corrected chi connectivity index (χ4v) is 2.94. The highest BCUT2D eigenvalue weighted by atomic mass is 16.5. The second kappa shape index (κ2) is 5.49. The number of nitriles is 1. The highest BCUT2D eigenvalue weighted by Crippen LogP contribution is 2.37. The van der Waals surface area contributed by atoms with E-state index in [1.807, 2.05) is 12.1 Å². The molecule has 3 rings (SSSR count). The van der Waals surface area contributed by atoms with Crippen LogP contribution in [0.25, 0.3) is 0 Å². The molecule has 0 radical (unpaired) electrons. The van der Waals surface area contributed by atoms with Gasteiger partial charge in [-0.2, -0.15) is 5.26 Å². The van der Waals surface area contributed by atoms with E-state index in [-0.39, 0.29) is 0 Å². The Kier molecular flexibility index (Phi) is 3.53. The number of benzene rings is 2. The number of rotatable bonds is 3. The molecule has 1 N–H and O–H groups in total. The van der Waals surface area contributed by atoms with Gasteiger partial charge in [0.25, 0.3) is 0 Å². The van der Waals surface area contributed by atoms with Gasteiger partial charge >= 0.3 is 0 Å². The van der Waals surface area contributed by atoms with Gasteiger partial charge in [-0.15, -0.1) is 0 Å². The number of anilines is 1. The third kappa shape index (κ3) is 2.57. The molecule has 3 heteroatoms. The molecule has 0 amide bonds. The number of nitrogens with zero attached hydrogens (tertiary/aromatic N) is 1. The Morgan fingerprint density at radius 2 is 2.10 bits per heavy atom. The van der Waals surface area contributed by atoms with Gasteiger partial charge in [0, 0.05) is 6.07 Å². The summed E-state index contributed by atoms with van der Waals surface area (Å²) in [5.74, 6) is 0.718. The Bertz CT molecular complexity index is 716. The van der Waals surface area contributed by atoms with Gasteiger partial charge in [-0.1, -0.05) is 23.8 Å². The Labute approximate surface area is 125 Å². The first-order valence-corrected chi connectivity index (χ1v) is 7.15. The van der Waals surface area contributed by atoms with Gasteiger partial charge in [-0.25, -0.2) is 0 Å². The molecule has 0 saturated heterocycles. The van der Waals surface area contributed by atoms with E-state index in [0.717, 1.165) is 24.3 Å². The fourth-order valence-electron chi connectivity index (χ4n) is 2.94. The summed E-state index contributed by atoms with van der Waals surface area (Å²) in [6.07, 6.45) is 2.19. The SMILES string of the molecule is COc1cc(C#N)ccc1NC1CCc2ccc(C)cc21. The average Bonchev–Trinajstić information content (AvgIpc) is 2.90. The van der Waals surface area contributed by atoms with Crippen LogP contribution in [0.5, 0.6) is 5.75 Å². The van der Waals surface area contributed by atoms with Crippen molar-refractivity contribution in [2.24, 2.45) is 0 Å². The van der Waals surface area contributed by atoms with Crippen molar-refractivity contribution >= 4 is 5.69 Å². The van der Waals surface area contributed by atoms with E-state index in [2.05, 4.69) is 36.5 Å². The van der Waals surface area contributed by atoms with Gasteiger partial charge in [0.2, 0.25) is 0 Å². The number of nitrogens with one attached hydrogen (secondary N) is 1. The lowest BCUT2D eigenvalue weighted by molar-refractivity contribution is 0.416. The Hall–Kier alpha value is -2.47. The third-order valence-corrected chi connectivity index (χ3v) is 4.04. The third-order valence-electron chi connectivity index (χ3n) is 4.04. The first-order valence-electron chi connectivity index (χ1n) is 7.15. The van der Waals surface area contributed by atoms with Crippen molar-refractivity contribution in [1.29, 1.82) is 5.26 Å². The zero-order valence-corrected chi connectivity index (χ0v) is 12.3. The number of methoxy groups -OCH3 is 1. The van der Waals surface area contributed by atoms with E-state index in [4.69, 9.17) is 10.00 Å². The van der Waals surface area contributed by atoms with E-state index in [1.54, 1.807) is 13.2 Å². The maximum atomic E-state index is 8.97. The quantitative estimate of drug-likeness (QED) is 0.923. The number of hydrogen-bond donors (Lipinski definition) is 1. The molecule has 0 spiro atoms. The number of aryl methyl sites for hydroxylation is 2. The minimum atomic E-state index is 0.307. The lowest BCUT2D eigenvalue weighted by Crippen LogP contribution is -2.08.